The molecule has 0 bridgehead atoms. The van der Waals surface area contributed by atoms with Crippen molar-refractivity contribution < 1.29 is 14.8 Å². The van der Waals surface area contributed by atoms with E-state index in [9.17, 15) is 10.2 Å². The standard InChI is InChI=1S/C27H33N2O2/c1-3-28(18-20-30)25-14-10-23(11-15-25)27(22-8-6-5-7-9-22)24-12-16-26(17-13-24)29(4-2)19-21-31/h5-17,30-31H,3-4,18-21H2,1-2H3/q+1. The smallest absolute Gasteiger partial charge is 0.199 e. The average molecular weight is 418 g/mol. The SMILES string of the molecule is CCN(CCO)c1ccc(C(=C2C=CC(=[N+](CC)CCO)C=C2)c2ccccc2)cc1. The molecule has 2 N–H and O–H groups in total. The van der Waals surface area contributed by atoms with Crippen molar-refractivity contribution >= 4 is 17.0 Å². The monoisotopic (exact) mass is 417 g/mol. The van der Waals surface area contributed by atoms with Gasteiger partial charge in [-0.15, -0.1) is 0 Å². The third-order valence-electron chi connectivity index (χ3n) is 5.61. The van der Waals surface area contributed by atoms with Crippen LogP contribution in [0.5, 0.6) is 0 Å². The molecule has 2 aromatic carbocycles. The fourth-order valence-electron chi connectivity index (χ4n) is 3.96. The van der Waals surface area contributed by atoms with Crippen molar-refractivity contribution in [2.24, 2.45) is 0 Å². The molecule has 0 radical (unpaired) electrons. The highest BCUT2D eigenvalue weighted by atomic mass is 16.3. The molecule has 4 heteroatoms. The average Bonchev–Trinajstić information content (AvgIpc) is 2.83. The van der Waals surface area contributed by atoms with Crippen molar-refractivity contribution in [1.29, 1.82) is 0 Å². The topological polar surface area (TPSA) is 46.7 Å². The van der Waals surface area contributed by atoms with Gasteiger partial charge in [-0.1, -0.05) is 42.5 Å². The zero-order valence-electron chi connectivity index (χ0n) is 18.5. The van der Waals surface area contributed by atoms with Gasteiger partial charge in [0, 0.05) is 30.9 Å². The second-order valence-corrected chi connectivity index (χ2v) is 7.44. The number of hydrogen-bond donors (Lipinski definition) is 2. The largest absolute Gasteiger partial charge is 0.395 e. The minimum atomic E-state index is 0.147. The number of anilines is 1. The fourth-order valence-corrected chi connectivity index (χ4v) is 3.96. The summed E-state index contributed by atoms with van der Waals surface area (Å²) in [5, 5.41) is 18.6. The molecule has 162 valence electrons. The zero-order valence-corrected chi connectivity index (χ0v) is 18.5. The minimum absolute atomic E-state index is 0.147. The Kier molecular flexibility index (Phi) is 8.39. The van der Waals surface area contributed by atoms with E-state index >= 15 is 0 Å². The molecule has 0 saturated heterocycles. The van der Waals surface area contributed by atoms with Gasteiger partial charge < -0.3 is 15.1 Å². The van der Waals surface area contributed by atoms with Gasteiger partial charge in [0.15, 0.2) is 12.3 Å². The Balaban J connectivity index is 2.03. The summed E-state index contributed by atoms with van der Waals surface area (Å²) in [6, 6.07) is 19.0. The number of hydrogen-bond acceptors (Lipinski definition) is 3. The van der Waals surface area contributed by atoms with Gasteiger partial charge in [-0.2, -0.15) is 0 Å². The highest BCUT2D eigenvalue weighted by Gasteiger charge is 2.15. The normalized spacial score (nSPS) is 12.9. The molecule has 0 heterocycles. The van der Waals surface area contributed by atoms with Crippen LogP contribution in [0, 0.1) is 0 Å². The third kappa shape index (κ3) is 5.60. The molecule has 0 aromatic heterocycles. The first-order chi connectivity index (χ1) is 15.2. The van der Waals surface area contributed by atoms with E-state index < -0.39 is 0 Å². The van der Waals surface area contributed by atoms with Gasteiger partial charge in [0.05, 0.1) is 6.61 Å². The van der Waals surface area contributed by atoms with E-state index in [2.05, 4.69) is 96.2 Å². The van der Waals surface area contributed by atoms with Gasteiger partial charge in [-0.25, -0.2) is 4.58 Å². The van der Waals surface area contributed by atoms with E-state index in [4.69, 9.17) is 0 Å². The van der Waals surface area contributed by atoms with Gasteiger partial charge >= 0.3 is 0 Å². The molecule has 31 heavy (non-hydrogen) atoms. The number of rotatable bonds is 9. The predicted octanol–water partition coefficient (Wildman–Crippen LogP) is 3.90. The van der Waals surface area contributed by atoms with E-state index in [1.807, 2.05) is 6.07 Å². The van der Waals surface area contributed by atoms with Gasteiger partial charge in [0.25, 0.3) is 0 Å². The van der Waals surface area contributed by atoms with Crippen molar-refractivity contribution in [3.63, 3.8) is 0 Å². The summed E-state index contributed by atoms with van der Waals surface area (Å²) in [6.45, 7) is 7.48. The number of aliphatic hydroxyl groups excluding tert-OH is 2. The first-order valence-electron chi connectivity index (χ1n) is 11.1. The van der Waals surface area contributed by atoms with Crippen molar-refractivity contribution in [2.75, 3.05) is 44.3 Å². The van der Waals surface area contributed by atoms with E-state index in [1.54, 1.807) is 0 Å². The molecular formula is C27H33N2O2+. The van der Waals surface area contributed by atoms with E-state index in [-0.39, 0.29) is 13.2 Å². The molecule has 0 spiro atoms. The maximum atomic E-state index is 9.32. The van der Waals surface area contributed by atoms with Crippen molar-refractivity contribution in [3.8, 4) is 0 Å². The van der Waals surface area contributed by atoms with Crippen LogP contribution in [-0.4, -0.2) is 59.9 Å². The minimum Gasteiger partial charge on any atom is -0.395 e. The molecule has 1 aliphatic carbocycles. The summed E-state index contributed by atoms with van der Waals surface area (Å²) in [6.07, 6.45) is 8.59. The number of aliphatic hydroxyl groups is 2. The van der Waals surface area contributed by atoms with Gasteiger partial charge in [0.1, 0.15) is 13.2 Å². The Morgan fingerprint density at radius 2 is 1.45 bits per heavy atom. The summed E-state index contributed by atoms with van der Waals surface area (Å²) >= 11 is 0. The molecule has 3 rings (SSSR count). The predicted molar refractivity (Wildman–Crippen MR) is 130 cm³/mol. The van der Waals surface area contributed by atoms with Crippen LogP contribution in [0.1, 0.15) is 25.0 Å². The second kappa shape index (κ2) is 11.4. The molecule has 0 aliphatic heterocycles. The summed E-state index contributed by atoms with van der Waals surface area (Å²) < 4.78 is 2.17. The lowest BCUT2D eigenvalue weighted by molar-refractivity contribution is -0.525. The van der Waals surface area contributed by atoms with E-state index in [1.165, 1.54) is 11.1 Å². The maximum absolute atomic E-state index is 9.32. The van der Waals surface area contributed by atoms with Gasteiger partial charge in [-0.05, 0) is 60.4 Å². The van der Waals surface area contributed by atoms with E-state index in [0.29, 0.717) is 13.1 Å². The van der Waals surface area contributed by atoms with Gasteiger partial charge in [-0.3, -0.25) is 0 Å². The highest BCUT2D eigenvalue weighted by molar-refractivity contribution is 6.04. The second-order valence-electron chi connectivity index (χ2n) is 7.44. The summed E-state index contributed by atoms with van der Waals surface area (Å²) in [7, 11) is 0. The first kappa shape index (κ1) is 22.7. The van der Waals surface area contributed by atoms with Crippen LogP contribution in [0.2, 0.25) is 0 Å². The van der Waals surface area contributed by atoms with E-state index in [0.717, 1.165) is 35.6 Å². The van der Waals surface area contributed by atoms with Crippen LogP contribution >= 0.6 is 0 Å². The van der Waals surface area contributed by atoms with Crippen LogP contribution in [0.4, 0.5) is 5.69 Å². The Morgan fingerprint density at radius 1 is 0.806 bits per heavy atom. The lowest BCUT2D eigenvalue weighted by Gasteiger charge is -2.22. The Morgan fingerprint density at radius 3 is 2.00 bits per heavy atom. The van der Waals surface area contributed by atoms with Crippen LogP contribution < -0.4 is 4.90 Å². The highest BCUT2D eigenvalue weighted by Crippen LogP contribution is 2.31. The Labute approximate surface area is 185 Å². The number of likely N-dealkylation sites (N-methyl/N-ethyl adjacent to an activating group) is 2. The Hall–Kier alpha value is -2.95. The Bertz CT molecular complexity index is 952. The molecule has 2 aromatic rings. The van der Waals surface area contributed by atoms with Crippen LogP contribution in [-0.2, 0) is 0 Å². The van der Waals surface area contributed by atoms with Crippen molar-refractivity contribution in [2.45, 2.75) is 13.8 Å². The fraction of sp³-hybridized carbons (Fsp3) is 0.296. The lowest BCUT2D eigenvalue weighted by atomic mass is 9.90. The zero-order chi connectivity index (χ0) is 22.1. The quantitative estimate of drug-likeness (QED) is 0.609. The third-order valence-corrected chi connectivity index (χ3v) is 5.61. The summed E-state index contributed by atoms with van der Waals surface area (Å²) in [5.41, 5.74) is 6.91. The maximum Gasteiger partial charge on any atom is 0.199 e. The molecular weight excluding hydrogens is 384 g/mol. The lowest BCUT2D eigenvalue weighted by Crippen LogP contribution is -2.25. The van der Waals surface area contributed by atoms with Crippen molar-refractivity contribution in [1.82, 2.24) is 0 Å². The molecule has 1 aliphatic rings. The summed E-state index contributed by atoms with van der Waals surface area (Å²) in [5.74, 6) is 0. The molecule has 4 nitrogen and oxygen atoms in total. The van der Waals surface area contributed by atoms with Gasteiger partial charge in [0.2, 0.25) is 0 Å². The number of benzene rings is 2. The molecule has 0 fully saturated rings. The van der Waals surface area contributed by atoms with Crippen LogP contribution in [0.25, 0.3) is 5.57 Å². The molecule has 0 amide bonds. The number of nitrogens with zero attached hydrogens (tertiary/aromatic N) is 2. The molecule has 0 unspecified atom stereocenters. The van der Waals surface area contributed by atoms with Crippen LogP contribution in [0.3, 0.4) is 0 Å². The van der Waals surface area contributed by atoms with Crippen molar-refractivity contribution in [3.05, 3.63) is 95.6 Å². The molecule has 0 atom stereocenters. The molecule has 0 saturated carbocycles. The number of allylic oxidation sites excluding steroid dienone is 5. The first-order valence-corrected chi connectivity index (χ1v) is 11.1. The van der Waals surface area contributed by atoms with Crippen LogP contribution in [0.15, 0.2) is 84.5 Å². The summed E-state index contributed by atoms with van der Waals surface area (Å²) in [4.78, 5) is 2.17.